The Morgan fingerprint density at radius 1 is 1.32 bits per heavy atom. The summed E-state index contributed by atoms with van der Waals surface area (Å²) in [6.45, 7) is 3.42. The molecule has 0 spiro atoms. The second-order valence-corrected chi connectivity index (χ2v) is 7.09. The molecule has 1 fully saturated rings. The summed E-state index contributed by atoms with van der Waals surface area (Å²) < 4.78 is 0. The van der Waals surface area contributed by atoms with E-state index in [1.165, 1.54) is 0 Å². The van der Waals surface area contributed by atoms with Crippen LogP contribution in [0.4, 0.5) is 5.82 Å². The minimum absolute atomic E-state index is 0.142. The number of carbonyl (C=O) groups is 1. The number of benzene rings is 1. The number of amides is 1. The van der Waals surface area contributed by atoms with E-state index >= 15 is 0 Å². The summed E-state index contributed by atoms with van der Waals surface area (Å²) in [5.41, 5.74) is 7.98. The summed E-state index contributed by atoms with van der Waals surface area (Å²) >= 11 is 0. The molecule has 1 amide bonds. The summed E-state index contributed by atoms with van der Waals surface area (Å²) in [5.74, 6) is 0.712. The predicted octanol–water partition coefficient (Wildman–Crippen LogP) is 0.319. The van der Waals surface area contributed by atoms with Gasteiger partial charge in [-0.15, -0.1) is 10.2 Å². The van der Waals surface area contributed by atoms with Gasteiger partial charge in [0, 0.05) is 13.1 Å². The number of hydrogen-bond donors (Lipinski definition) is 3. The second kappa shape index (κ2) is 8.78. The minimum Gasteiger partial charge on any atom is -0.389 e. The van der Waals surface area contributed by atoms with Gasteiger partial charge in [0.25, 0.3) is 0 Å². The highest BCUT2D eigenvalue weighted by molar-refractivity contribution is 5.79. The topological polar surface area (TPSA) is 128 Å². The third-order valence-corrected chi connectivity index (χ3v) is 4.99. The van der Waals surface area contributed by atoms with Gasteiger partial charge in [-0.2, -0.15) is 5.26 Å². The molecule has 3 rings (SSSR count). The number of nitrogens with two attached hydrogens (primary N) is 1. The van der Waals surface area contributed by atoms with Gasteiger partial charge < -0.3 is 21.1 Å². The Hall–Kier alpha value is -3.02. The fourth-order valence-corrected chi connectivity index (χ4v) is 3.21. The van der Waals surface area contributed by atoms with Crippen LogP contribution in [0.15, 0.2) is 36.4 Å². The SMILES string of the molecule is CC(CN)c1ccc(CC(=O)NC2CN(c3ccc(C#N)nn3)C[C@@H]2O)cc1. The monoisotopic (exact) mass is 380 g/mol. The first-order chi connectivity index (χ1) is 13.5. The van der Waals surface area contributed by atoms with E-state index < -0.39 is 6.10 Å². The van der Waals surface area contributed by atoms with E-state index in [0.29, 0.717) is 25.5 Å². The smallest absolute Gasteiger partial charge is 0.224 e. The number of anilines is 1. The molecular formula is C20H24N6O2. The summed E-state index contributed by atoms with van der Waals surface area (Å²) in [4.78, 5) is 14.2. The van der Waals surface area contributed by atoms with Crippen molar-refractivity contribution in [3.8, 4) is 6.07 Å². The van der Waals surface area contributed by atoms with Gasteiger partial charge in [0.1, 0.15) is 6.07 Å². The van der Waals surface area contributed by atoms with Crippen LogP contribution in [0, 0.1) is 11.3 Å². The highest BCUT2D eigenvalue weighted by atomic mass is 16.3. The molecule has 1 aromatic carbocycles. The van der Waals surface area contributed by atoms with E-state index in [2.05, 4.69) is 22.4 Å². The average Bonchev–Trinajstić information content (AvgIpc) is 3.08. The number of aliphatic hydroxyl groups excluding tert-OH is 1. The molecule has 28 heavy (non-hydrogen) atoms. The molecular weight excluding hydrogens is 356 g/mol. The molecule has 8 nitrogen and oxygen atoms in total. The van der Waals surface area contributed by atoms with Crippen molar-refractivity contribution >= 4 is 11.7 Å². The molecule has 1 aromatic heterocycles. The number of aliphatic hydroxyl groups is 1. The van der Waals surface area contributed by atoms with Crippen molar-refractivity contribution in [2.45, 2.75) is 31.4 Å². The maximum Gasteiger partial charge on any atom is 0.224 e. The van der Waals surface area contributed by atoms with Crippen molar-refractivity contribution < 1.29 is 9.90 Å². The first-order valence-electron chi connectivity index (χ1n) is 9.25. The van der Waals surface area contributed by atoms with E-state index in [9.17, 15) is 9.90 Å². The van der Waals surface area contributed by atoms with E-state index in [1.807, 2.05) is 35.2 Å². The standard InChI is InChI=1S/C20H24N6O2/c1-13(9-21)15-4-2-14(3-5-15)8-20(28)23-17-11-26(12-18(17)27)19-7-6-16(10-22)24-25-19/h2-7,13,17-18,27H,8-9,11-12,21H2,1H3,(H,23,28)/t13?,17?,18-/m0/s1. The fraction of sp³-hybridized carbons (Fsp3) is 0.400. The first kappa shape index (κ1) is 19.7. The first-order valence-corrected chi connectivity index (χ1v) is 9.25. The predicted molar refractivity (Wildman–Crippen MR) is 105 cm³/mol. The molecule has 0 radical (unpaired) electrons. The molecule has 8 heteroatoms. The van der Waals surface area contributed by atoms with Crippen LogP contribution in [0.3, 0.4) is 0 Å². The maximum atomic E-state index is 12.4. The van der Waals surface area contributed by atoms with E-state index in [1.54, 1.807) is 12.1 Å². The van der Waals surface area contributed by atoms with Crippen molar-refractivity contribution in [1.29, 1.82) is 5.26 Å². The molecule has 0 aliphatic carbocycles. The average molecular weight is 380 g/mol. The van der Waals surface area contributed by atoms with Gasteiger partial charge in [0.2, 0.25) is 5.91 Å². The van der Waals surface area contributed by atoms with Crippen LogP contribution in [0.2, 0.25) is 0 Å². The number of carbonyl (C=O) groups excluding carboxylic acids is 1. The lowest BCUT2D eigenvalue weighted by Gasteiger charge is -2.17. The number of rotatable bonds is 6. The molecule has 1 aliphatic heterocycles. The van der Waals surface area contributed by atoms with Gasteiger partial charge in [0.05, 0.1) is 18.6 Å². The molecule has 1 aliphatic rings. The quantitative estimate of drug-likeness (QED) is 0.658. The number of β-amino-alcohol motifs (C(OH)–C–C–N with tert-alkyl or cyclic N) is 1. The summed E-state index contributed by atoms with van der Waals surface area (Å²) in [5, 5.41) is 29.8. The maximum absolute atomic E-state index is 12.4. The summed E-state index contributed by atoms with van der Waals surface area (Å²) in [7, 11) is 0. The molecule has 2 heterocycles. The van der Waals surface area contributed by atoms with Crippen molar-refractivity contribution in [3.05, 3.63) is 53.2 Å². The summed E-state index contributed by atoms with van der Waals surface area (Å²) in [6.07, 6.45) is -0.453. The van der Waals surface area contributed by atoms with Crippen molar-refractivity contribution in [2.75, 3.05) is 24.5 Å². The Bertz CT molecular complexity index is 846. The Morgan fingerprint density at radius 2 is 2.07 bits per heavy atom. The van der Waals surface area contributed by atoms with Gasteiger partial charge in [-0.25, -0.2) is 0 Å². The number of nitrogens with one attached hydrogen (secondary N) is 1. The van der Waals surface area contributed by atoms with Gasteiger partial charge >= 0.3 is 0 Å². The normalized spacial score (nSPS) is 19.9. The van der Waals surface area contributed by atoms with E-state index in [4.69, 9.17) is 11.0 Å². The van der Waals surface area contributed by atoms with Crippen molar-refractivity contribution in [3.63, 3.8) is 0 Å². The van der Waals surface area contributed by atoms with Crippen LogP contribution >= 0.6 is 0 Å². The summed E-state index contributed by atoms with van der Waals surface area (Å²) in [6, 6.07) is 12.7. The molecule has 3 atom stereocenters. The van der Waals surface area contributed by atoms with Crippen LogP contribution in [-0.4, -0.2) is 53.0 Å². The molecule has 0 saturated carbocycles. The lowest BCUT2D eigenvalue weighted by molar-refractivity contribution is -0.121. The molecule has 0 bridgehead atoms. The second-order valence-electron chi connectivity index (χ2n) is 7.09. The highest BCUT2D eigenvalue weighted by Gasteiger charge is 2.33. The fourth-order valence-electron chi connectivity index (χ4n) is 3.21. The molecule has 1 saturated heterocycles. The van der Waals surface area contributed by atoms with Crippen molar-refractivity contribution in [1.82, 2.24) is 15.5 Å². The zero-order chi connectivity index (χ0) is 20.1. The number of aromatic nitrogens is 2. The number of nitriles is 1. The van der Waals surface area contributed by atoms with Gasteiger partial charge in [-0.05, 0) is 35.7 Å². The van der Waals surface area contributed by atoms with Crippen LogP contribution in [0.25, 0.3) is 0 Å². The number of nitrogens with zero attached hydrogens (tertiary/aromatic N) is 4. The van der Waals surface area contributed by atoms with Crippen LogP contribution in [0.5, 0.6) is 0 Å². The molecule has 4 N–H and O–H groups in total. The Morgan fingerprint density at radius 3 is 2.68 bits per heavy atom. The molecule has 2 unspecified atom stereocenters. The lowest BCUT2D eigenvalue weighted by Crippen LogP contribution is -2.43. The molecule has 2 aromatic rings. The Balaban J connectivity index is 1.55. The van der Waals surface area contributed by atoms with E-state index in [0.717, 1.165) is 11.1 Å². The van der Waals surface area contributed by atoms with Gasteiger partial charge in [-0.1, -0.05) is 31.2 Å². The van der Waals surface area contributed by atoms with Crippen LogP contribution in [-0.2, 0) is 11.2 Å². The largest absolute Gasteiger partial charge is 0.389 e. The minimum atomic E-state index is -0.700. The van der Waals surface area contributed by atoms with Crippen LogP contribution < -0.4 is 16.0 Å². The third-order valence-electron chi connectivity index (χ3n) is 4.99. The zero-order valence-corrected chi connectivity index (χ0v) is 15.7. The Kier molecular flexibility index (Phi) is 6.19. The number of hydrogen-bond acceptors (Lipinski definition) is 7. The van der Waals surface area contributed by atoms with E-state index in [-0.39, 0.29) is 30.0 Å². The van der Waals surface area contributed by atoms with Gasteiger partial charge in [-0.3, -0.25) is 4.79 Å². The lowest BCUT2D eigenvalue weighted by atomic mass is 9.99. The molecule has 146 valence electrons. The Labute approximate surface area is 164 Å². The van der Waals surface area contributed by atoms with Gasteiger partial charge in [0.15, 0.2) is 11.5 Å². The van der Waals surface area contributed by atoms with Crippen LogP contribution in [0.1, 0.15) is 29.7 Å². The van der Waals surface area contributed by atoms with Crippen molar-refractivity contribution in [2.24, 2.45) is 5.73 Å². The third kappa shape index (κ3) is 4.63. The zero-order valence-electron chi connectivity index (χ0n) is 15.7. The highest BCUT2D eigenvalue weighted by Crippen LogP contribution is 2.18.